The van der Waals surface area contributed by atoms with Crippen LogP contribution >= 0.6 is 11.6 Å². The molecule has 0 aliphatic rings. The summed E-state index contributed by atoms with van der Waals surface area (Å²) in [5.74, 6) is -4.67. The molecule has 0 amide bonds. The lowest BCUT2D eigenvalue weighted by atomic mass is 10.1. The van der Waals surface area contributed by atoms with Crippen molar-refractivity contribution in [2.45, 2.75) is 0 Å². The van der Waals surface area contributed by atoms with Gasteiger partial charge in [0.15, 0.2) is 0 Å². The minimum Gasteiger partial charge on any atom is -0.479 e. The Kier molecular flexibility index (Phi) is 3.84. The third-order valence-electron chi connectivity index (χ3n) is 1.86. The van der Waals surface area contributed by atoms with Crippen LogP contribution in [-0.2, 0) is 4.74 Å². The van der Waals surface area contributed by atoms with Gasteiger partial charge in [-0.15, -0.1) is 0 Å². The number of pyridine rings is 1. The van der Waals surface area contributed by atoms with E-state index in [1.54, 1.807) is 0 Å². The van der Waals surface area contributed by atoms with E-state index in [1.807, 2.05) is 0 Å². The summed E-state index contributed by atoms with van der Waals surface area (Å²) >= 11 is 5.58. The molecule has 0 saturated carbocycles. The molecule has 0 fully saturated rings. The molecule has 17 heavy (non-hydrogen) atoms. The highest BCUT2D eigenvalue weighted by atomic mass is 35.5. The molecule has 0 aromatic carbocycles. The van der Waals surface area contributed by atoms with Gasteiger partial charge in [0, 0.05) is 0 Å². The average Bonchev–Trinajstić information content (AvgIpc) is 2.29. The van der Waals surface area contributed by atoms with E-state index in [0.29, 0.717) is 0 Å². The molecule has 1 N–H and O–H groups in total. The van der Waals surface area contributed by atoms with E-state index in [0.717, 1.165) is 14.2 Å². The minimum atomic E-state index is -1.68. The predicted octanol–water partition coefficient (Wildman–Crippen LogP) is 1.37. The van der Waals surface area contributed by atoms with Crippen LogP contribution in [0.3, 0.4) is 0 Å². The monoisotopic (exact) mass is 263 g/mol. The van der Waals surface area contributed by atoms with Crippen LogP contribution in [0, 0.1) is 5.82 Å². The molecule has 0 spiro atoms. The van der Waals surface area contributed by atoms with E-state index >= 15 is 0 Å². The lowest BCUT2D eigenvalue weighted by Gasteiger charge is -2.09. The topological polar surface area (TPSA) is 85.7 Å². The number of aromatic carboxylic acids is 1. The van der Waals surface area contributed by atoms with Crippen molar-refractivity contribution in [2.24, 2.45) is 0 Å². The Bertz CT molecular complexity index is 491. The summed E-state index contributed by atoms with van der Waals surface area (Å²) in [5, 5.41) is 8.34. The number of hydrogen-bond donors (Lipinski definition) is 1. The fraction of sp³-hybridized carbons (Fsp3) is 0.222. The first-order valence-corrected chi connectivity index (χ1v) is 4.56. The van der Waals surface area contributed by atoms with Crippen molar-refractivity contribution in [2.75, 3.05) is 14.2 Å². The van der Waals surface area contributed by atoms with E-state index in [-0.39, 0.29) is 0 Å². The second-order valence-corrected chi connectivity index (χ2v) is 3.13. The van der Waals surface area contributed by atoms with Crippen LogP contribution in [0.5, 0.6) is 5.88 Å². The highest BCUT2D eigenvalue weighted by molar-refractivity contribution is 6.33. The summed E-state index contributed by atoms with van der Waals surface area (Å²) in [6.07, 6.45) is 0. The van der Waals surface area contributed by atoms with Crippen molar-refractivity contribution in [3.05, 3.63) is 22.1 Å². The fourth-order valence-corrected chi connectivity index (χ4v) is 1.39. The summed E-state index contributed by atoms with van der Waals surface area (Å²) < 4.78 is 22.4. The van der Waals surface area contributed by atoms with Crippen molar-refractivity contribution in [1.29, 1.82) is 0 Å². The Hall–Kier alpha value is -1.89. The van der Waals surface area contributed by atoms with Crippen molar-refractivity contribution in [3.63, 3.8) is 0 Å². The van der Waals surface area contributed by atoms with Gasteiger partial charge in [-0.3, -0.25) is 0 Å². The van der Waals surface area contributed by atoms with Gasteiger partial charge in [-0.2, -0.15) is 4.98 Å². The SMILES string of the molecule is COC(=O)c1c(Cl)nc(OC)c(F)c1C(=O)O. The molecule has 8 heteroatoms. The molecule has 0 atom stereocenters. The first-order valence-electron chi connectivity index (χ1n) is 4.18. The number of rotatable bonds is 3. The molecular formula is C9H7ClFNO5. The molecule has 1 aromatic rings. The molecule has 0 radical (unpaired) electrons. The molecule has 1 rings (SSSR count). The van der Waals surface area contributed by atoms with Gasteiger partial charge in [0.1, 0.15) is 16.3 Å². The van der Waals surface area contributed by atoms with Crippen LogP contribution in [0.25, 0.3) is 0 Å². The van der Waals surface area contributed by atoms with Gasteiger partial charge in [-0.25, -0.2) is 14.0 Å². The normalized spacial score (nSPS) is 9.88. The number of esters is 1. The van der Waals surface area contributed by atoms with Gasteiger partial charge in [0.2, 0.25) is 5.82 Å². The van der Waals surface area contributed by atoms with Gasteiger partial charge in [0.25, 0.3) is 5.88 Å². The zero-order valence-electron chi connectivity index (χ0n) is 8.78. The molecular weight excluding hydrogens is 257 g/mol. The second-order valence-electron chi connectivity index (χ2n) is 2.77. The largest absolute Gasteiger partial charge is 0.479 e. The van der Waals surface area contributed by atoms with Crippen LogP contribution in [0.4, 0.5) is 4.39 Å². The van der Waals surface area contributed by atoms with Crippen molar-refractivity contribution in [1.82, 2.24) is 4.98 Å². The van der Waals surface area contributed by atoms with E-state index < -0.39 is 39.9 Å². The highest BCUT2D eigenvalue weighted by Gasteiger charge is 2.29. The van der Waals surface area contributed by atoms with E-state index in [9.17, 15) is 14.0 Å². The maximum absolute atomic E-state index is 13.6. The molecule has 0 unspecified atom stereocenters. The summed E-state index contributed by atoms with van der Waals surface area (Å²) in [7, 11) is 2.09. The third-order valence-corrected chi connectivity index (χ3v) is 2.13. The maximum atomic E-state index is 13.6. The van der Waals surface area contributed by atoms with Crippen molar-refractivity contribution in [3.8, 4) is 5.88 Å². The highest BCUT2D eigenvalue weighted by Crippen LogP contribution is 2.27. The van der Waals surface area contributed by atoms with E-state index in [2.05, 4.69) is 14.5 Å². The molecule has 0 aliphatic heterocycles. The van der Waals surface area contributed by atoms with Gasteiger partial charge >= 0.3 is 11.9 Å². The standard InChI is InChI=1S/C9H7ClFNO5/c1-16-7-5(11)3(8(13)14)4(6(10)12-7)9(15)17-2/h1-2H3,(H,13,14). The number of carboxylic acid groups (broad SMARTS) is 1. The number of carbonyl (C=O) groups excluding carboxylic acids is 1. The molecule has 0 aliphatic carbocycles. The molecule has 1 heterocycles. The number of methoxy groups -OCH3 is 2. The second kappa shape index (κ2) is 4.96. The lowest BCUT2D eigenvalue weighted by Crippen LogP contribution is -2.15. The van der Waals surface area contributed by atoms with Gasteiger partial charge in [0.05, 0.1) is 14.2 Å². The Morgan fingerprint density at radius 3 is 2.35 bits per heavy atom. The fourth-order valence-electron chi connectivity index (χ4n) is 1.14. The molecule has 1 aromatic heterocycles. The minimum absolute atomic E-state index is 0.507. The van der Waals surface area contributed by atoms with E-state index in [4.69, 9.17) is 16.7 Å². The summed E-state index contributed by atoms with van der Waals surface area (Å²) in [4.78, 5) is 25.6. The Morgan fingerprint density at radius 2 is 1.94 bits per heavy atom. The number of ether oxygens (including phenoxy) is 2. The van der Waals surface area contributed by atoms with Crippen molar-refractivity contribution >= 4 is 23.5 Å². The zero-order chi connectivity index (χ0) is 13.2. The summed E-state index contributed by atoms with van der Waals surface area (Å²) in [5.41, 5.74) is -1.59. The van der Waals surface area contributed by atoms with Crippen LogP contribution in [-0.4, -0.2) is 36.2 Å². The molecule has 6 nitrogen and oxygen atoms in total. The first-order chi connectivity index (χ1) is 7.93. The Labute approximate surface area is 99.9 Å². The van der Waals surface area contributed by atoms with Crippen LogP contribution in [0.1, 0.15) is 20.7 Å². The zero-order valence-corrected chi connectivity index (χ0v) is 9.54. The quantitative estimate of drug-likeness (QED) is 0.655. The third kappa shape index (κ3) is 2.28. The Balaban J connectivity index is 3.64. The Morgan fingerprint density at radius 1 is 1.35 bits per heavy atom. The number of carbonyl (C=O) groups is 2. The maximum Gasteiger partial charge on any atom is 0.342 e. The van der Waals surface area contributed by atoms with Gasteiger partial charge < -0.3 is 14.6 Å². The summed E-state index contributed by atoms with van der Waals surface area (Å²) in [6.45, 7) is 0. The van der Waals surface area contributed by atoms with Gasteiger partial charge in [-0.05, 0) is 0 Å². The number of hydrogen-bond acceptors (Lipinski definition) is 5. The van der Waals surface area contributed by atoms with Crippen molar-refractivity contribution < 1.29 is 28.6 Å². The lowest BCUT2D eigenvalue weighted by molar-refractivity contribution is 0.0579. The number of carboxylic acids is 1. The van der Waals surface area contributed by atoms with Crippen LogP contribution in [0.15, 0.2) is 0 Å². The molecule has 92 valence electrons. The molecule has 0 bridgehead atoms. The van der Waals surface area contributed by atoms with Gasteiger partial charge in [-0.1, -0.05) is 11.6 Å². The van der Waals surface area contributed by atoms with Crippen LogP contribution < -0.4 is 4.74 Å². The average molecular weight is 264 g/mol. The predicted molar refractivity (Wildman–Crippen MR) is 54.1 cm³/mol. The number of nitrogens with zero attached hydrogens (tertiary/aromatic N) is 1. The number of halogens is 2. The van der Waals surface area contributed by atoms with Crippen LogP contribution in [0.2, 0.25) is 5.15 Å². The molecule has 0 saturated heterocycles. The first kappa shape index (κ1) is 13.2. The van der Waals surface area contributed by atoms with E-state index in [1.165, 1.54) is 0 Å². The summed E-state index contributed by atoms with van der Waals surface area (Å²) in [6, 6.07) is 0. The smallest absolute Gasteiger partial charge is 0.342 e. The number of aromatic nitrogens is 1.